The van der Waals surface area contributed by atoms with Gasteiger partial charge < -0.3 is 14.8 Å². The minimum absolute atomic E-state index is 0. The number of rotatable bonds is 7. The number of hydrogen-bond donors (Lipinski definition) is 1. The highest BCUT2D eigenvalue weighted by molar-refractivity contribution is 14.0. The maximum Gasteiger partial charge on any atom is 0.194 e. The topological polar surface area (TPSA) is 58.3 Å². The molecule has 134 valence electrons. The van der Waals surface area contributed by atoms with Gasteiger partial charge in [0.25, 0.3) is 0 Å². The molecule has 0 saturated carbocycles. The molecule has 0 unspecified atom stereocenters. The predicted molar refractivity (Wildman–Crippen MR) is 111 cm³/mol. The highest BCUT2D eigenvalue weighted by atomic mass is 127. The molecule has 0 aliphatic rings. The smallest absolute Gasteiger partial charge is 0.194 e. The molecule has 0 aromatic carbocycles. The number of aliphatic imine (C=N–C) groups is 1. The molecule has 2 heterocycles. The van der Waals surface area contributed by atoms with Crippen LogP contribution in [0.25, 0.3) is 0 Å². The Labute approximate surface area is 165 Å². The number of guanidine groups is 1. The quantitative estimate of drug-likeness (QED) is 0.390. The Morgan fingerprint density at radius 2 is 2.21 bits per heavy atom. The molecule has 1 N–H and O–H groups in total. The highest BCUT2D eigenvalue weighted by Gasteiger charge is 2.09. The fourth-order valence-electron chi connectivity index (χ4n) is 2.13. The third-order valence-electron chi connectivity index (χ3n) is 3.76. The second-order valence-electron chi connectivity index (χ2n) is 5.57. The van der Waals surface area contributed by atoms with Crippen molar-refractivity contribution in [2.45, 2.75) is 39.8 Å². The van der Waals surface area contributed by atoms with Gasteiger partial charge in [0.1, 0.15) is 12.4 Å². The fourth-order valence-corrected chi connectivity index (χ4v) is 2.77. The maximum atomic E-state index is 4.73. The summed E-state index contributed by atoms with van der Waals surface area (Å²) >= 11 is 1.75. The van der Waals surface area contributed by atoms with Gasteiger partial charge in [-0.15, -0.1) is 45.5 Å². The number of hydrogen-bond acceptors (Lipinski definition) is 4. The van der Waals surface area contributed by atoms with E-state index in [2.05, 4.69) is 51.9 Å². The first-order valence-electron chi connectivity index (χ1n) is 7.98. The van der Waals surface area contributed by atoms with Crippen molar-refractivity contribution < 1.29 is 0 Å². The largest absolute Gasteiger partial charge is 0.351 e. The zero-order valence-corrected chi connectivity index (χ0v) is 18.0. The van der Waals surface area contributed by atoms with Crippen LogP contribution in [0.4, 0.5) is 0 Å². The fraction of sp³-hybridized carbons (Fsp3) is 0.562. The van der Waals surface area contributed by atoms with Crippen molar-refractivity contribution >= 4 is 41.3 Å². The molecular formula is C16H27IN6S. The van der Waals surface area contributed by atoms with E-state index in [1.807, 2.05) is 18.5 Å². The second-order valence-corrected chi connectivity index (χ2v) is 6.60. The van der Waals surface area contributed by atoms with Crippen LogP contribution in [0.3, 0.4) is 0 Å². The lowest BCUT2D eigenvalue weighted by molar-refractivity contribution is 0.462. The Bertz CT molecular complexity index is 623. The van der Waals surface area contributed by atoms with Crippen LogP contribution >= 0.6 is 35.3 Å². The lowest BCUT2D eigenvalue weighted by Gasteiger charge is -2.22. The summed E-state index contributed by atoms with van der Waals surface area (Å²) < 4.78 is 1.98. The van der Waals surface area contributed by atoms with E-state index >= 15 is 0 Å². The van der Waals surface area contributed by atoms with Crippen molar-refractivity contribution in [2.75, 3.05) is 13.6 Å². The van der Waals surface area contributed by atoms with Crippen LogP contribution in [-0.4, -0.2) is 39.2 Å². The lowest BCUT2D eigenvalue weighted by atomic mass is 10.3. The Morgan fingerprint density at radius 3 is 2.79 bits per heavy atom. The highest BCUT2D eigenvalue weighted by Crippen LogP contribution is 2.08. The van der Waals surface area contributed by atoms with Gasteiger partial charge in [0.05, 0.1) is 6.54 Å². The molecule has 6 nitrogen and oxygen atoms in total. The molecule has 0 saturated heterocycles. The maximum absolute atomic E-state index is 4.73. The van der Waals surface area contributed by atoms with Gasteiger partial charge in [-0.3, -0.25) is 0 Å². The Morgan fingerprint density at radius 1 is 1.42 bits per heavy atom. The molecular weight excluding hydrogens is 435 g/mol. The summed E-state index contributed by atoms with van der Waals surface area (Å²) in [6.07, 6.45) is 2.32. The van der Waals surface area contributed by atoms with Crippen molar-refractivity contribution in [3.05, 3.63) is 34.0 Å². The van der Waals surface area contributed by atoms with Crippen molar-refractivity contribution in [1.82, 2.24) is 25.0 Å². The van der Waals surface area contributed by atoms with Crippen molar-refractivity contribution in [3.63, 3.8) is 0 Å². The number of aromatic nitrogens is 3. The summed E-state index contributed by atoms with van der Waals surface area (Å²) in [7, 11) is 4.05. The van der Waals surface area contributed by atoms with E-state index in [9.17, 15) is 0 Å². The van der Waals surface area contributed by atoms with E-state index in [0.717, 1.165) is 37.1 Å². The van der Waals surface area contributed by atoms with E-state index in [0.29, 0.717) is 6.54 Å². The molecule has 0 bridgehead atoms. The molecule has 0 amide bonds. The van der Waals surface area contributed by atoms with Crippen LogP contribution in [0.2, 0.25) is 0 Å². The molecule has 2 rings (SSSR count). The van der Waals surface area contributed by atoms with E-state index in [-0.39, 0.29) is 24.0 Å². The van der Waals surface area contributed by atoms with Crippen LogP contribution in [0.1, 0.15) is 36.3 Å². The van der Waals surface area contributed by atoms with Crippen molar-refractivity contribution in [1.29, 1.82) is 0 Å². The van der Waals surface area contributed by atoms with Gasteiger partial charge in [-0.1, -0.05) is 19.4 Å². The average Bonchev–Trinajstić information content (AvgIpc) is 3.17. The number of thiophene rings is 1. The van der Waals surface area contributed by atoms with Gasteiger partial charge in [-0.2, -0.15) is 0 Å². The summed E-state index contributed by atoms with van der Waals surface area (Å²) in [5.41, 5.74) is 0. The summed E-state index contributed by atoms with van der Waals surface area (Å²) in [5, 5.41) is 13.8. The molecule has 2 aromatic rings. The molecule has 0 atom stereocenters. The first-order valence-corrected chi connectivity index (χ1v) is 8.86. The molecule has 0 spiro atoms. The summed E-state index contributed by atoms with van der Waals surface area (Å²) in [5.74, 6) is 2.69. The first kappa shape index (κ1) is 20.9. The number of halogens is 1. The van der Waals surface area contributed by atoms with Gasteiger partial charge in [0, 0.05) is 25.5 Å². The predicted octanol–water partition coefficient (Wildman–Crippen LogP) is 3.18. The lowest BCUT2D eigenvalue weighted by Crippen LogP contribution is -2.39. The molecule has 24 heavy (non-hydrogen) atoms. The van der Waals surface area contributed by atoms with Crippen molar-refractivity contribution in [3.8, 4) is 0 Å². The van der Waals surface area contributed by atoms with Crippen LogP contribution in [-0.2, 0) is 20.1 Å². The van der Waals surface area contributed by atoms with Gasteiger partial charge in [-0.05, 0) is 24.8 Å². The van der Waals surface area contributed by atoms with Gasteiger partial charge >= 0.3 is 0 Å². The normalized spacial score (nSPS) is 11.2. The third-order valence-corrected chi connectivity index (χ3v) is 4.64. The zero-order chi connectivity index (χ0) is 16.7. The molecule has 0 radical (unpaired) electrons. The summed E-state index contributed by atoms with van der Waals surface area (Å²) in [6, 6.07) is 4.20. The third kappa shape index (κ3) is 6.04. The molecule has 0 fully saturated rings. The zero-order valence-electron chi connectivity index (χ0n) is 14.8. The van der Waals surface area contributed by atoms with Crippen LogP contribution in [0.15, 0.2) is 22.5 Å². The number of unbranched alkanes of at least 4 members (excludes halogenated alkanes) is 1. The Balaban J connectivity index is 0.00000288. The van der Waals surface area contributed by atoms with E-state index in [1.165, 1.54) is 11.3 Å². The number of aryl methyl sites for hydroxylation is 1. The van der Waals surface area contributed by atoms with Crippen LogP contribution in [0, 0.1) is 6.92 Å². The van der Waals surface area contributed by atoms with E-state index in [1.54, 1.807) is 11.3 Å². The van der Waals surface area contributed by atoms with Crippen LogP contribution in [0.5, 0.6) is 0 Å². The first-order chi connectivity index (χ1) is 11.1. The summed E-state index contributed by atoms with van der Waals surface area (Å²) in [6.45, 7) is 6.46. The average molecular weight is 462 g/mol. The molecule has 0 aliphatic carbocycles. The summed E-state index contributed by atoms with van der Waals surface area (Å²) in [4.78, 5) is 8.22. The van der Waals surface area contributed by atoms with Crippen LogP contribution < -0.4 is 5.32 Å². The van der Waals surface area contributed by atoms with E-state index in [4.69, 9.17) is 4.99 Å². The second kappa shape index (κ2) is 10.7. The minimum atomic E-state index is 0. The molecule has 0 aliphatic heterocycles. The standard InChI is InChI=1S/C16H26N6S.HI/c1-5-6-9-21(3)16(17-11-14-8-7-10-23-14)18-12-15-20-19-13(2)22(15)4;/h7-8,10H,5-6,9,11-12H2,1-4H3,(H,17,18);1H. The van der Waals surface area contributed by atoms with Gasteiger partial charge in [0.15, 0.2) is 11.8 Å². The monoisotopic (exact) mass is 462 g/mol. The van der Waals surface area contributed by atoms with Crippen molar-refractivity contribution in [2.24, 2.45) is 12.0 Å². The number of nitrogens with zero attached hydrogens (tertiary/aromatic N) is 5. The minimum Gasteiger partial charge on any atom is -0.351 e. The molecule has 8 heteroatoms. The Kier molecular flexibility index (Phi) is 9.27. The van der Waals surface area contributed by atoms with E-state index < -0.39 is 0 Å². The number of nitrogens with one attached hydrogen (secondary N) is 1. The Hall–Kier alpha value is -1.16. The van der Waals surface area contributed by atoms with Gasteiger partial charge in [0.2, 0.25) is 0 Å². The molecule has 2 aromatic heterocycles. The SMILES string of the molecule is CCCCN(C)C(=NCc1nnc(C)n1C)NCc1cccs1.I. The van der Waals surface area contributed by atoms with Gasteiger partial charge in [-0.25, -0.2) is 4.99 Å².